The lowest BCUT2D eigenvalue weighted by Gasteiger charge is -2.18. The Morgan fingerprint density at radius 3 is 2.44 bits per heavy atom. The predicted molar refractivity (Wildman–Crippen MR) is 142 cm³/mol. The molecule has 0 unspecified atom stereocenters. The largest absolute Gasteiger partial charge is 0.497 e. The van der Waals surface area contributed by atoms with Crippen molar-refractivity contribution < 1.29 is 4.74 Å². The summed E-state index contributed by atoms with van der Waals surface area (Å²) in [4.78, 5) is 19.0. The minimum absolute atomic E-state index is 0.0778. The van der Waals surface area contributed by atoms with Gasteiger partial charge in [-0.15, -0.1) is 6.58 Å². The van der Waals surface area contributed by atoms with Crippen LogP contribution in [0.3, 0.4) is 0 Å². The standard InChI is InChI=1S/C29H34N2O2S/c1-3-20-31-28(32)26-15-9-7-5-4-6-8-12-23-13-10-11-14-25(23)27(26)30-29(31)34-21-22-16-18-24(33-2)19-17-22/h3,10-11,13-14,16-19H,1,4-9,12,15,20-21H2,2H3. The van der Waals surface area contributed by atoms with Crippen LogP contribution in [0.1, 0.15) is 55.2 Å². The molecule has 2 aromatic carbocycles. The van der Waals surface area contributed by atoms with Crippen LogP contribution in [-0.2, 0) is 25.1 Å². The molecule has 1 aromatic heterocycles. The zero-order valence-electron chi connectivity index (χ0n) is 20.1. The van der Waals surface area contributed by atoms with E-state index in [1.165, 1.54) is 36.8 Å². The second-order valence-electron chi connectivity index (χ2n) is 8.84. The number of ether oxygens (including phenoxy) is 1. The number of rotatable bonds is 6. The van der Waals surface area contributed by atoms with Crippen molar-refractivity contribution in [2.75, 3.05) is 7.11 Å². The summed E-state index contributed by atoms with van der Waals surface area (Å²) in [6.07, 6.45) is 10.7. The maximum absolute atomic E-state index is 13.8. The molecule has 1 aliphatic carbocycles. The van der Waals surface area contributed by atoms with Crippen LogP contribution in [-0.4, -0.2) is 16.7 Å². The number of nitrogens with zero attached hydrogens (tertiary/aromatic N) is 2. The molecule has 3 aromatic rings. The molecule has 0 spiro atoms. The summed E-state index contributed by atoms with van der Waals surface area (Å²) >= 11 is 1.61. The number of hydrogen-bond donors (Lipinski definition) is 0. The second-order valence-corrected chi connectivity index (χ2v) is 9.78. The molecule has 0 radical (unpaired) electrons. The first-order chi connectivity index (χ1) is 16.7. The summed E-state index contributed by atoms with van der Waals surface area (Å²) in [6.45, 7) is 4.36. The molecule has 4 nitrogen and oxygen atoms in total. The van der Waals surface area contributed by atoms with E-state index in [0.717, 1.165) is 59.2 Å². The normalized spacial score (nSPS) is 14.3. The van der Waals surface area contributed by atoms with Gasteiger partial charge in [-0.25, -0.2) is 4.98 Å². The van der Waals surface area contributed by atoms with Gasteiger partial charge in [-0.2, -0.15) is 0 Å². The molecular formula is C29H34N2O2S. The van der Waals surface area contributed by atoms with E-state index in [0.29, 0.717) is 6.54 Å². The van der Waals surface area contributed by atoms with Gasteiger partial charge in [-0.3, -0.25) is 9.36 Å². The van der Waals surface area contributed by atoms with Crippen molar-refractivity contribution in [3.8, 4) is 17.0 Å². The average molecular weight is 475 g/mol. The van der Waals surface area contributed by atoms with Gasteiger partial charge in [0.2, 0.25) is 0 Å². The minimum Gasteiger partial charge on any atom is -0.497 e. The number of benzene rings is 2. The Hall–Kier alpha value is -2.79. The maximum Gasteiger partial charge on any atom is 0.258 e. The SMILES string of the molecule is C=CCn1c(SCc2ccc(OC)cc2)nc2c(c1=O)CCCCCCCCc1ccccc1-2. The van der Waals surface area contributed by atoms with Crippen molar-refractivity contribution in [3.63, 3.8) is 0 Å². The predicted octanol–water partition coefficient (Wildman–Crippen LogP) is 6.84. The van der Waals surface area contributed by atoms with Crippen LogP contribution in [0, 0.1) is 0 Å². The van der Waals surface area contributed by atoms with E-state index in [9.17, 15) is 4.79 Å². The molecule has 0 saturated heterocycles. The van der Waals surface area contributed by atoms with Crippen LogP contribution in [0.5, 0.6) is 5.75 Å². The molecule has 0 atom stereocenters. The van der Waals surface area contributed by atoms with Crippen LogP contribution in [0.4, 0.5) is 0 Å². The van der Waals surface area contributed by atoms with Crippen molar-refractivity contribution in [2.45, 2.75) is 68.8 Å². The van der Waals surface area contributed by atoms with Gasteiger partial charge >= 0.3 is 0 Å². The van der Waals surface area contributed by atoms with Crippen molar-refractivity contribution in [2.24, 2.45) is 0 Å². The monoisotopic (exact) mass is 474 g/mol. The van der Waals surface area contributed by atoms with Gasteiger partial charge in [0.05, 0.1) is 12.8 Å². The van der Waals surface area contributed by atoms with Gasteiger partial charge < -0.3 is 4.74 Å². The minimum atomic E-state index is 0.0778. The highest BCUT2D eigenvalue weighted by Gasteiger charge is 2.20. The zero-order chi connectivity index (χ0) is 23.8. The molecule has 5 heteroatoms. The molecular weight excluding hydrogens is 440 g/mol. The molecule has 1 aliphatic rings. The van der Waals surface area contributed by atoms with Gasteiger partial charge in [-0.1, -0.05) is 79.9 Å². The smallest absolute Gasteiger partial charge is 0.258 e. The van der Waals surface area contributed by atoms with Gasteiger partial charge in [-0.05, 0) is 48.9 Å². The molecule has 0 amide bonds. The summed E-state index contributed by atoms with van der Waals surface area (Å²) in [6, 6.07) is 16.6. The van der Waals surface area contributed by atoms with E-state index in [-0.39, 0.29) is 5.56 Å². The first-order valence-corrected chi connectivity index (χ1v) is 13.3. The van der Waals surface area contributed by atoms with Gasteiger partial charge in [0, 0.05) is 23.4 Å². The quantitative estimate of drug-likeness (QED) is 0.223. The van der Waals surface area contributed by atoms with Crippen molar-refractivity contribution >= 4 is 11.8 Å². The zero-order valence-corrected chi connectivity index (χ0v) is 20.9. The highest BCUT2D eigenvalue weighted by Crippen LogP contribution is 2.30. The Kier molecular flexibility index (Phi) is 8.64. The van der Waals surface area contributed by atoms with E-state index >= 15 is 0 Å². The molecule has 4 rings (SSSR count). The molecule has 0 fully saturated rings. The molecule has 1 heterocycles. The highest BCUT2D eigenvalue weighted by atomic mass is 32.2. The Morgan fingerprint density at radius 1 is 1.00 bits per heavy atom. The van der Waals surface area contributed by atoms with E-state index in [2.05, 4.69) is 43.0 Å². The van der Waals surface area contributed by atoms with Gasteiger partial charge in [0.1, 0.15) is 5.75 Å². The molecule has 178 valence electrons. The Balaban J connectivity index is 1.77. The van der Waals surface area contributed by atoms with E-state index in [1.54, 1.807) is 29.5 Å². The van der Waals surface area contributed by atoms with Gasteiger partial charge in [0.15, 0.2) is 5.16 Å². The number of hydrogen-bond acceptors (Lipinski definition) is 4. The van der Waals surface area contributed by atoms with Crippen LogP contribution >= 0.6 is 11.8 Å². The van der Waals surface area contributed by atoms with E-state index in [4.69, 9.17) is 9.72 Å². The lowest BCUT2D eigenvalue weighted by molar-refractivity contribution is 0.414. The molecule has 0 aliphatic heterocycles. The fourth-order valence-electron chi connectivity index (χ4n) is 4.59. The number of aromatic nitrogens is 2. The molecule has 34 heavy (non-hydrogen) atoms. The van der Waals surface area contributed by atoms with Crippen molar-refractivity contribution in [1.29, 1.82) is 0 Å². The Bertz CT molecular complexity index is 1170. The number of methoxy groups -OCH3 is 1. The summed E-state index contributed by atoms with van der Waals surface area (Å²) < 4.78 is 7.08. The topological polar surface area (TPSA) is 44.1 Å². The first kappa shape index (κ1) is 24.3. The third kappa shape index (κ3) is 5.82. The summed E-state index contributed by atoms with van der Waals surface area (Å²) in [5.74, 6) is 1.57. The van der Waals surface area contributed by atoms with E-state index in [1.807, 2.05) is 12.1 Å². The van der Waals surface area contributed by atoms with Crippen LogP contribution in [0.15, 0.2) is 71.1 Å². The summed E-state index contributed by atoms with van der Waals surface area (Å²) in [7, 11) is 1.67. The van der Waals surface area contributed by atoms with E-state index < -0.39 is 0 Å². The lowest BCUT2D eigenvalue weighted by atomic mass is 9.93. The lowest BCUT2D eigenvalue weighted by Crippen LogP contribution is -2.27. The maximum atomic E-state index is 13.8. The van der Waals surface area contributed by atoms with Crippen LogP contribution in [0.2, 0.25) is 0 Å². The van der Waals surface area contributed by atoms with Gasteiger partial charge in [0.25, 0.3) is 5.56 Å². The third-order valence-electron chi connectivity index (χ3n) is 6.46. The number of allylic oxidation sites excluding steroid dienone is 1. The van der Waals surface area contributed by atoms with Crippen LogP contribution < -0.4 is 10.3 Å². The fraction of sp³-hybridized carbons (Fsp3) is 0.379. The van der Waals surface area contributed by atoms with Crippen molar-refractivity contribution in [3.05, 3.63) is 88.2 Å². The molecule has 0 N–H and O–H groups in total. The average Bonchev–Trinajstić information content (AvgIpc) is 2.86. The fourth-order valence-corrected chi connectivity index (χ4v) is 5.54. The third-order valence-corrected chi connectivity index (χ3v) is 7.51. The van der Waals surface area contributed by atoms with Crippen molar-refractivity contribution in [1.82, 2.24) is 9.55 Å². The Morgan fingerprint density at radius 2 is 1.71 bits per heavy atom. The Labute approximate surface area is 207 Å². The number of thioether (sulfide) groups is 1. The second kappa shape index (κ2) is 12.1. The first-order valence-electron chi connectivity index (χ1n) is 12.3. The summed E-state index contributed by atoms with van der Waals surface area (Å²) in [5.41, 5.74) is 5.38. The molecule has 0 saturated carbocycles. The summed E-state index contributed by atoms with van der Waals surface area (Å²) in [5, 5.41) is 0.751. The van der Waals surface area contributed by atoms with Crippen LogP contribution in [0.25, 0.3) is 11.3 Å². The highest BCUT2D eigenvalue weighted by molar-refractivity contribution is 7.98. The molecule has 0 bridgehead atoms. The number of aryl methyl sites for hydroxylation is 1. The number of fused-ring (bicyclic) bond motifs is 3.